The Kier molecular flexibility index (Phi) is 2.94. The maximum atomic E-state index is 13.4. The van der Waals surface area contributed by atoms with E-state index in [1.54, 1.807) is 0 Å². The fourth-order valence-electron chi connectivity index (χ4n) is 1.68. The highest BCUT2D eigenvalue weighted by Gasteiger charge is 2.34. The Balaban J connectivity index is 2.16. The van der Waals surface area contributed by atoms with Crippen LogP contribution in [-0.2, 0) is 6.18 Å². The SMILES string of the molecule is OCC1CN(c2ncc(C(F)(F)F)cc2F)C1. The molecule has 2 rings (SSSR count). The number of pyridine rings is 1. The first-order valence-electron chi connectivity index (χ1n) is 5.00. The molecule has 0 atom stereocenters. The molecule has 1 N–H and O–H groups in total. The number of aromatic nitrogens is 1. The number of hydrogen-bond donors (Lipinski definition) is 1. The molecule has 0 bridgehead atoms. The van der Waals surface area contributed by atoms with Crippen LogP contribution < -0.4 is 4.90 Å². The summed E-state index contributed by atoms with van der Waals surface area (Å²) < 4.78 is 50.2. The van der Waals surface area contributed by atoms with Gasteiger partial charge in [-0.05, 0) is 6.07 Å². The third-order valence-electron chi connectivity index (χ3n) is 2.66. The van der Waals surface area contributed by atoms with Gasteiger partial charge >= 0.3 is 6.18 Å². The van der Waals surface area contributed by atoms with Gasteiger partial charge in [-0.15, -0.1) is 0 Å². The normalized spacial score (nSPS) is 17.1. The molecule has 1 fully saturated rings. The number of rotatable bonds is 2. The Morgan fingerprint density at radius 3 is 2.53 bits per heavy atom. The van der Waals surface area contributed by atoms with Crippen LogP contribution >= 0.6 is 0 Å². The highest BCUT2D eigenvalue weighted by Crippen LogP contribution is 2.32. The molecule has 17 heavy (non-hydrogen) atoms. The molecule has 1 aliphatic rings. The van der Waals surface area contributed by atoms with Crippen molar-refractivity contribution in [2.75, 3.05) is 24.6 Å². The number of hydrogen-bond acceptors (Lipinski definition) is 3. The van der Waals surface area contributed by atoms with Crippen molar-refractivity contribution in [1.82, 2.24) is 4.98 Å². The average Bonchev–Trinajstić information content (AvgIpc) is 2.17. The van der Waals surface area contributed by atoms with Crippen LogP contribution in [0.3, 0.4) is 0 Å². The molecule has 0 radical (unpaired) electrons. The summed E-state index contributed by atoms with van der Waals surface area (Å²) in [5.41, 5.74) is -1.10. The fourth-order valence-corrected chi connectivity index (χ4v) is 1.68. The summed E-state index contributed by atoms with van der Waals surface area (Å²) in [5.74, 6) is -1.04. The second kappa shape index (κ2) is 4.14. The quantitative estimate of drug-likeness (QED) is 0.811. The minimum Gasteiger partial charge on any atom is -0.396 e. The van der Waals surface area contributed by atoms with Crippen LogP contribution in [0.4, 0.5) is 23.4 Å². The zero-order valence-corrected chi connectivity index (χ0v) is 8.71. The van der Waals surface area contributed by atoms with Crippen molar-refractivity contribution in [3.05, 3.63) is 23.6 Å². The third-order valence-corrected chi connectivity index (χ3v) is 2.66. The van der Waals surface area contributed by atoms with E-state index in [2.05, 4.69) is 4.98 Å². The van der Waals surface area contributed by atoms with Gasteiger partial charge in [-0.3, -0.25) is 0 Å². The van der Waals surface area contributed by atoms with Gasteiger partial charge in [-0.2, -0.15) is 13.2 Å². The van der Waals surface area contributed by atoms with Crippen molar-refractivity contribution in [3.8, 4) is 0 Å². The molecule has 0 saturated carbocycles. The maximum absolute atomic E-state index is 13.4. The monoisotopic (exact) mass is 250 g/mol. The number of halogens is 4. The summed E-state index contributed by atoms with van der Waals surface area (Å²) in [6.45, 7) is 0.802. The molecular weight excluding hydrogens is 240 g/mol. The lowest BCUT2D eigenvalue weighted by Gasteiger charge is -2.39. The smallest absolute Gasteiger partial charge is 0.396 e. The summed E-state index contributed by atoms with van der Waals surface area (Å²) in [5, 5.41) is 8.78. The van der Waals surface area contributed by atoms with Gasteiger partial charge in [0.1, 0.15) is 0 Å². The van der Waals surface area contributed by atoms with Crippen LogP contribution in [0.5, 0.6) is 0 Å². The van der Waals surface area contributed by atoms with Crippen LogP contribution in [0.25, 0.3) is 0 Å². The molecule has 0 aliphatic carbocycles. The molecule has 0 unspecified atom stereocenters. The Morgan fingerprint density at radius 1 is 1.41 bits per heavy atom. The van der Waals surface area contributed by atoms with Crippen molar-refractivity contribution in [2.45, 2.75) is 6.18 Å². The lowest BCUT2D eigenvalue weighted by atomic mass is 10.0. The van der Waals surface area contributed by atoms with Crippen LogP contribution in [0, 0.1) is 11.7 Å². The fraction of sp³-hybridized carbons (Fsp3) is 0.500. The van der Waals surface area contributed by atoms with Gasteiger partial charge in [0, 0.05) is 31.8 Å². The van der Waals surface area contributed by atoms with Gasteiger partial charge in [0.25, 0.3) is 0 Å². The van der Waals surface area contributed by atoms with Crippen molar-refractivity contribution in [3.63, 3.8) is 0 Å². The molecule has 0 amide bonds. The molecule has 1 aromatic heterocycles. The average molecular weight is 250 g/mol. The Labute approximate surface area is 94.7 Å². The van der Waals surface area contributed by atoms with Crippen molar-refractivity contribution in [2.24, 2.45) is 5.92 Å². The van der Waals surface area contributed by atoms with Crippen LogP contribution in [0.15, 0.2) is 12.3 Å². The second-order valence-electron chi connectivity index (χ2n) is 3.98. The standard InChI is InChI=1S/C10H10F4N2O/c11-8-1-7(10(12,13)14)2-15-9(8)16-3-6(4-16)5-17/h1-2,6,17H,3-5H2. The van der Waals surface area contributed by atoms with Gasteiger partial charge < -0.3 is 10.0 Å². The third kappa shape index (κ3) is 2.33. The van der Waals surface area contributed by atoms with Gasteiger partial charge in [0.05, 0.1) is 5.56 Å². The zero-order chi connectivity index (χ0) is 12.6. The summed E-state index contributed by atoms with van der Waals surface area (Å²) in [6.07, 6.45) is -3.97. The molecular formula is C10H10F4N2O. The van der Waals surface area contributed by atoms with E-state index in [0.717, 1.165) is 0 Å². The van der Waals surface area contributed by atoms with E-state index in [4.69, 9.17) is 5.11 Å². The number of anilines is 1. The van der Waals surface area contributed by atoms with Crippen LogP contribution in [0.2, 0.25) is 0 Å². The van der Waals surface area contributed by atoms with E-state index in [1.165, 1.54) is 4.90 Å². The minimum atomic E-state index is -4.59. The maximum Gasteiger partial charge on any atom is 0.417 e. The summed E-state index contributed by atoms with van der Waals surface area (Å²) in [7, 11) is 0. The highest BCUT2D eigenvalue weighted by molar-refractivity contribution is 5.44. The van der Waals surface area contributed by atoms with Gasteiger partial charge in [-0.1, -0.05) is 0 Å². The van der Waals surface area contributed by atoms with Crippen LogP contribution in [0.1, 0.15) is 5.56 Å². The van der Waals surface area contributed by atoms with E-state index >= 15 is 0 Å². The molecule has 1 aromatic rings. The first-order chi connectivity index (χ1) is 7.91. The van der Waals surface area contributed by atoms with E-state index in [1.807, 2.05) is 0 Å². The number of alkyl halides is 3. The summed E-state index contributed by atoms with van der Waals surface area (Å²) >= 11 is 0. The largest absolute Gasteiger partial charge is 0.417 e. The Morgan fingerprint density at radius 2 is 2.06 bits per heavy atom. The number of aliphatic hydroxyl groups is 1. The number of nitrogens with zero attached hydrogens (tertiary/aromatic N) is 2. The Hall–Kier alpha value is -1.37. The van der Waals surface area contributed by atoms with Gasteiger partial charge in [0.2, 0.25) is 0 Å². The first-order valence-corrected chi connectivity index (χ1v) is 5.00. The lowest BCUT2D eigenvalue weighted by Crippen LogP contribution is -2.49. The van der Waals surface area contributed by atoms with E-state index in [-0.39, 0.29) is 18.3 Å². The first kappa shape index (κ1) is 12.1. The van der Waals surface area contributed by atoms with Gasteiger partial charge in [-0.25, -0.2) is 9.37 Å². The molecule has 7 heteroatoms. The molecule has 1 aliphatic heterocycles. The van der Waals surface area contributed by atoms with Crippen molar-refractivity contribution < 1.29 is 22.7 Å². The van der Waals surface area contributed by atoms with Crippen molar-refractivity contribution in [1.29, 1.82) is 0 Å². The number of aliphatic hydroxyl groups excluding tert-OH is 1. The van der Waals surface area contributed by atoms with Gasteiger partial charge in [0.15, 0.2) is 11.6 Å². The predicted octanol–water partition coefficient (Wildman–Crippen LogP) is 1.67. The highest BCUT2D eigenvalue weighted by atomic mass is 19.4. The minimum absolute atomic E-state index is 0.0151. The summed E-state index contributed by atoms with van der Waals surface area (Å²) in [4.78, 5) is 4.98. The molecule has 0 spiro atoms. The summed E-state index contributed by atoms with van der Waals surface area (Å²) in [6, 6.07) is 0.439. The molecule has 1 saturated heterocycles. The van der Waals surface area contributed by atoms with E-state index < -0.39 is 17.6 Å². The molecule has 94 valence electrons. The van der Waals surface area contributed by atoms with Crippen LogP contribution in [-0.4, -0.2) is 29.8 Å². The van der Waals surface area contributed by atoms with Crippen molar-refractivity contribution >= 4 is 5.82 Å². The Bertz CT molecular complexity index is 415. The molecule has 2 heterocycles. The molecule has 0 aromatic carbocycles. The lowest BCUT2D eigenvalue weighted by molar-refractivity contribution is -0.138. The predicted molar refractivity (Wildman–Crippen MR) is 52.0 cm³/mol. The van der Waals surface area contributed by atoms with E-state index in [9.17, 15) is 17.6 Å². The topological polar surface area (TPSA) is 36.4 Å². The zero-order valence-electron chi connectivity index (χ0n) is 8.71. The molecule has 3 nitrogen and oxygen atoms in total. The van der Waals surface area contributed by atoms with E-state index in [0.29, 0.717) is 25.4 Å². The second-order valence-corrected chi connectivity index (χ2v) is 3.98.